The van der Waals surface area contributed by atoms with Crippen LogP contribution in [0.3, 0.4) is 0 Å². The Morgan fingerprint density at radius 3 is 2.19 bits per heavy atom. The quantitative estimate of drug-likeness (QED) is 0.0869. The molecule has 20 nitrogen and oxygen atoms in total. The van der Waals surface area contributed by atoms with E-state index in [1.807, 2.05) is 0 Å². The van der Waals surface area contributed by atoms with Crippen LogP contribution in [0.4, 0.5) is 5.82 Å². The normalized spacial score (nSPS) is 32.3. The van der Waals surface area contributed by atoms with Gasteiger partial charge in [-0.25, -0.2) is 13.9 Å². The van der Waals surface area contributed by atoms with Gasteiger partial charge in [-0.05, 0) is 12.1 Å². The van der Waals surface area contributed by atoms with Gasteiger partial charge in [-0.2, -0.15) is 13.9 Å². The van der Waals surface area contributed by atoms with E-state index in [1.165, 1.54) is 35.2 Å². The van der Waals surface area contributed by atoms with E-state index in [0.29, 0.717) is 0 Å². The van der Waals surface area contributed by atoms with Crippen LogP contribution in [0.1, 0.15) is 22.8 Å². The third kappa shape index (κ3) is 7.26. The number of aliphatic hydroxyl groups is 4. The number of phosphoric acid groups is 2. The minimum absolute atomic E-state index is 0.0613. The van der Waals surface area contributed by atoms with E-state index >= 15 is 0 Å². The second-order valence-corrected chi connectivity index (χ2v) is 12.2. The number of amides is 1. The van der Waals surface area contributed by atoms with Crippen molar-refractivity contribution in [2.24, 2.45) is 5.73 Å². The van der Waals surface area contributed by atoms with Gasteiger partial charge in [0.05, 0.1) is 13.2 Å². The van der Waals surface area contributed by atoms with Crippen LogP contribution in [-0.4, -0.2) is 95.5 Å². The number of primary amides is 1. The number of hydrogen-bond donors (Lipinski definition) is 8. The summed E-state index contributed by atoms with van der Waals surface area (Å²) in [4.78, 5) is 46.8. The van der Waals surface area contributed by atoms with Gasteiger partial charge in [0.15, 0.2) is 24.7 Å². The van der Waals surface area contributed by atoms with E-state index in [-0.39, 0.29) is 11.4 Å². The van der Waals surface area contributed by atoms with Gasteiger partial charge in [0.2, 0.25) is 0 Å². The SMILES string of the molecule is NC(=O)c1ccc[n+]([C@H]2O[C@@H](COP(=O)(O)OP(=O)(O)OC[C@@H]3O[C@H](n4ccc(N)nc4=O)[C@H](O)[C@@H]3O)[C@@H](O)[C@H]2O)c1. The van der Waals surface area contributed by atoms with Crippen molar-refractivity contribution < 1.29 is 71.5 Å². The Bertz CT molecular complexity index is 1460. The van der Waals surface area contributed by atoms with Gasteiger partial charge in [0, 0.05) is 12.3 Å². The molecule has 10 N–H and O–H groups in total. The average molecular weight is 640 g/mol. The minimum Gasteiger partial charge on any atom is -0.387 e. The fourth-order valence-electron chi connectivity index (χ4n) is 4.14. The van der Waals surface area contributed by atoms with E-state index in [1.54, 1.807) is 0 Å². The van der Waals surface area contributed by atoms with Crippen LogP contribution in [0, 0.1) is 0 Å². The first-order valence-corrected chi connectivity index (χ1v) is 14.9. The molecule has 232 valence electrons. The maximum Gasteiger partial charge on any atom is 0.481 e. The first-order chi connectivity index (χ1) is 19.6. The number of rotatable bonds is 11. The zero-order valence-corrected chi connectivity index (χ0v) is 23.0. The zero-order chi connectivity index (χ0) is 31.0. The lowest BCUT2D eigenvalue weighted by atomic mass is 10.1. The number of hydrogen-bond acceptors (Lipinski definition) is 15. The fourth-order valence-corrected chi connectivity index (χ4v) is 6.23. The second kappa shape index (κ2) is 12.5. The molecule has 4 heterocycles. The smallest absolute Gasteiger partial charge is 0.387 e. The van der Waals surface area contributed by atoms with Crippen LogP contribution in [0.5, 0.6) is 0 Å². The number of phosphoric ester groups is 2. The number of anilines is 1. The summed E-state index contributed by atoms with van der Waals surface area (Å²) < 4.78 is 50.9. The lowest BCUT2D eigenvalue weighted by molar-refractivity contribution is -0.765. The number of carbonyl (C=O) groups is 1. The lowest BCUT2D eigenvalue weighted by Crippen LogP contribution is -2.46. The Balaban J connectivity index is 1.32. The van der Waals surface area contributed by atoms with Crippen LogP contribution in [0.15, 0.2) is 41.6 Å². The van der Waals surface area contributed by atoms with Crippen LogP contribution in [-0.2, 0) is 32.0 Å². The Morgan fingerprint density at radius 2 is 1.60 bits per heavy atom. The molecule has 42 heavy (non-hydrogen) atoms. The fraction of sp³-hybridized carbons (Fsp3) is 0.500. The van der Waals surface area contributed by atoms with E-state index < -0.39 is 89.5 Å². The standard InChI is InChI=1S/C20H27N5O15P2/c21-12-3-5-25(20(31)23-12)19-16(29)14(27)11(39-19)8-37-42(34,35)40-41(32,33)36-7-10-13(26)15(28)18(38-10)24-4-1-2-9(6-24)17(22)30/h1-6,10-11,13-16,18-19,26-29H,7-8H2,(H5-,21,22,23,30,31,32,33,34,35)/p+1/t10-,11-,13+,14+,15+,16+,18-,19-/m0/s1. The lowest BCUT2D eigenvalue weighted by Gasteiger charge is -2.20. The maximum absolute atomic E-state index is 12.3. The van der Waals surface area contributed by atoms with Gasteiger partial charge in [0.1, 0.15) is 41.9 Å². The molecule has 0 spiro atoms. The molecule has 2 aromatic heterocycles. The highest BCUT2D eigenvalue weighted by Crippen LogP contribution is 2.60. The summed E-state index contributed by atoms with van der Waals surface area (Å²) >= 11 is 0. The third-order valence-electron chi connectivity index (χ3n) is 6.21. The van der Waals surface area contributed by atoms with Crippen LogP contribution >= 0.6 is 15.6 Å². The molecular formula is C20H28N5O15P2+. The Labute approximate surface area is 235 Å². The van der Waals surface area contributed by atoms with Gasteiger partial charge in [-0.1, -0.05) is 0 Å². The summed E-state index contributed by atoms with van der Waals surface area (Å²) in [6.07, 6.45) is -8.62. The van der Waals surface area contributed by atoms with E-state index in [0.717, 1.165) is 10.8 Å². The highest BCUT2D eigenvalue weighted by atomic mass is 31.3. The van der Waals surface area contributed by atoms with Gasteiger partial charge < -0.3 is 51.2 Å². The van der Waals surface area contributed by atoms with Crippen molar-refractivity contribution in [2.75, 3.05) is 18.9 Å². The van der Waals surface area contributed by atoms with Crippen molar-refractivity contribution in [2.45, 2.75) is 49.1 Å². The van der Waals surface area contributed by atoms with E-state index in [2.05, 4.69) is 18.3 Å². The number of nitrogens with two attached hydrogens (primary N) is 2. The molecule has 22 heteroatoms. The predicted octanol–water partition coefficient (Wildman–Crippen LogP) is -3.60. The van der Waals surface area contributed by atoms with Crippen molar-refractivity contribution in [3.8, 4) is 0 Å². The number of ether oxygens (including phenoxy) is 2. The molecule has 2 aromatic rings. The first kappa shape index (κ1) is 32.2. The minimum atomic E-state index is -5.39. The molecule has 4 rings (SSSR count). The predicted molar refractivity (Wildman–Crippen MR) is 133 cm³/mol. The largest absolute Gasteiger partial charge is 0.481 e. The van der Waals surface area contributed by atoms with Gasteiger partial charge in [0.25, 0.3) is 12.1 Å². The van der Waals surface area contributed by atoms with Crippen molar-refractivity contribution in [1.29, 1.82) is 0 Å². The zero-order valence-electron chi connectivity index (χ0n) is 21.2. The van der Waals surface area contributed by atoms with Crippen LogP contribution in [0.2, 0.25) is 0 Å². The number of carbonyl (C=O) groups excluding carboxylic acids is 1. The van der Waals surface area contributed by atoms with E-state index in [4.69, 9.17) is 20.9 Å². The average Bonchev–Trinajstić information content (AvgIpc) is 3.35. The Morgan fingerprint density at radius 1 is 1.00 bits per heavy atom. The maximum atomic E-state index is 12.3. The van der Waals surface area contributed by atoms with Crippen LogP contribution < -0.4 is 21.7 Å². The molecule has 2 saturated heterocycles. The number of aromatic nitrogens is 3. The number of pyridine rings is 1. The third-order valence-corrected chi connectivity index (χ3v) is 8.81. The van der Waals surface area contributed by atoms with Crippen molar-refractivity contribution in [3.63, 3.8) is 0 Å². The molecule has 2 aliphatic rings. The van der Waals surface area contributed by atoms with Crippen molar-refractivity contribution >= 4 is 27.4 Å². The molecule has 0 saturated carbocycles. The van der Waals surface area contributed by atoms with Gasteiger partial charge in [-0.3, -0.25) is 18.4 Å². The van der Waals surface area contributed by atoms with Gasteiger partial charge >= 0.3 is 21.3 Å². The monoisotopic (exact) mass is 640 g/mol. The summed E-state index contributed by atoms with van der Waals surface area (Å²) in [6.45, 7) is -1.87. The van der Waals surface area contributed by atoms with Crippen molar-refractivity contribution in [1.82, 2.24) is 9.55 Å². The summed E-state index contributed by atoms with van der Waals surface area (Å²) in [6, 6.07) is 4.04. The van der Waals surface area contributed by atoms with Crippen LogP contribution in [0.25, 0.3) is 0 Å². The Kier molecular flexibility index (Phi) is 9.60. The second-order valence-electron chi connectivity index (χ2n) is 9.15. The number of nitrogens with zero attached hydrogens (tertiary/aromatic N) is 3. The van der Waals surface area contributed by atoms with Crippen molar-refractivity contribution in [3.05, 3.63) is 52.8 Å². The highest BCUT2D eigenvalue weighted by Gasteiger charge is 2.50. The number of nitrogen functional groups attached to an aromatic ring is 1. The number of aliphatic hydroxyl groups excluding tert-OH is 4. The molecule has 2 aliphatic heterocycles. The summed E-state index contributed by atoms with van der Waals surface area (Å²) in [5, 5.41) is 41.1. The molecular weight excluding hydrogens is 612 g/mol. The topological polar surface area (TPSA) is 310 Å². The molecule has 0 bridgehead atoms. The first-order valence-electron chi connectivity index (χ1n) is 11.9. The molecule has 1 amide bonds. The summed E-state index contributed by atoms with van der Waals surface area (Å²) in [5.74, 6) is -0.886. The molecule has 0 radical (unpaired) electrons. The summed E-state index contributed by atoms with van der Waals surface area (Å²) in [5.41, 5.74) is 9.77. The highest BCUT2D eigenvalue weighted by molar-refractivity contribution is 7.61. The summed E-state index contributed by atoms with van der Waals surface area (Å²) in [7, 11) is -10.8. The molecule has 2 unspecified atom stereocenters. The van der Waals surface area contributed by atoms with E-state index in [9.17, 15) is 48.9 Å². The molecule has 2 fully saturated rings. The molecule has 10 atom stereocenters. The molecule has 0 aliphatic carbocycles. The van der Waals surface area contributed by atoms with Gasteiger partial charge in [-0.15, -0.1) is 0 Å². The Hall–Kier alpha value is -2.68. The molecule has 0 aromatic carbocycles.